The minimum absolute atomic E-state index is 0.199. The molecule has 0 saturated carbocycles. The van der Waals surface area contributed by atoms with Gasteiger partial charge in [-0.3, -0.25) is 10.1 Å². The molecule has 116 valence electrons. The van der Waals surface area contributed by atoms with Crippen molar-refractivity contribution >= 4 is 5.97 Å². The zero-order chi connectivity index (χ0) is 15.8. The van der Waals surface area contributed by atoms with Crippen molar-refractivity contribution in [3.63, 3.8) is 0 Å². The third-order valence-electron chi connectivity index (χ3n) is 3.99. The number of cyclic esters (lactones) is 1. The Kier molecular flexibility index (Phi) is 3.53. The minimum Gasteiger partial charge on any atom is -0.458 e. The quantitative estimate of drug-likeness (QED) is 0.881. The molecule has 1 unspecified atom stereocenters. The average Bonchev–Trinajstić information content (AvgIpc) is 3.00. The summed E-state index contributed by atoms with van der Waals surface area (Å²) >= 11 is 0. The first-order valence-corrected chi connectivity index (χ1v) is 7.46. The molecule has 5 nitrogen and oxygen atoms in total. The van der Waals surface area contributed by atoms with Crippen LogP contribution in [-0.2, 0) is 16.1 Å². The smallest absolute Gasteiger partial charge is 0.326 e. The molecule has 0 spiro atoms. The van der Waals surface area contributed by atoms with Crippen LogP contribution in [0.3, 0.4) is 0 Å². The van der Waals surface area contributed by atoms with Crippen LogP contribution in [0.4, 0.5) is 0 Å². The number of benzene rings is 1. The van der Waals surface area contributed by atoms with Gasteiger partial charge in [0.1, 0.15) is 17.0 Å². The molecule has 1 fully saturated rings. The number of nitrogens with one attached hydrogen (secondary N) is 1. The Morgan fingerprint density at radius 3 is 2.64 bits per heavy atom. The topological polar surface area (TPSA) is 56.2 Å². The Bertz CT molecular complexity index is 678. The van der Waals surface area contributed by atoms with Crippen molar-refractivity contribution in [3.05, 3.63) is 48.5 Å². The average molecular weight is 299 g/mol. The standard InChI is InChI=1S/C17H21N3O2/c1-16(2)12-17(3,15(21)22-16)19-11-14-18-9-10-20(14)13-7-5-4-6-8-13/h4-10,19H,11-12H2,1-3H3. The van der Waals surface area contributed by atoms with Gasteiger partial charge in [0.2, 0.25) is 0 Å². The third-order valence-corrected chi connectivity index (χ3v) is 3.99. The SMILES string of the molecule is CC1(C)CC(C)(NCc2nccn2-c2ccccc2)C(=O)O1. The first-order chi connectivity index (χ1) is 10.4. The van der Waals surface area contributed by atoms with Crippen molar-refractivity contribution < 1.29 is 9.53 Å². The third kappa shape index (κ3) is 2.76. The summed E-state index contributed by atoms with van der Waals surface area (Å²) < 4.78 is 7.44. The second-order valence-corrected chi connectivity index (χ2v) is 6.56. The molecule has 1 aliphatic heterocycles. The Morgan fingerprint density at radius 2 is 2.00 bits per heavy atom. The number of esters is 1. The van der Waals surface area contributed by atoms with Gasteiger partial charge in [0, 0.05) is 24.5 Å². The van der Waals surface area contributed by atoms with Crippen molar-refractivity contribution in [2.45, 2.75) is 44.9 Å². The van der Waals surface area contributed by atoms with Gasteiger partial charge in [-0.05, 0) is 32.9 Å². The van der Waals surface area contributed by atoms with Gasteiger partial charge in [0.15, 0.2) is 0 Å². The van der Waals surface area contributed by atoms with E-state index in [0.717, 1.165) is 11.5 Å². The van der Waals surface area contributed by atoms with Gasteiger partial charge in [0.05, 0.1) is 6.54 Å². The fraction of sp³-hybridized carbons (Fsp3) is 0.412. The number of aromatic nitrogens is 2. The van der Waals surface area contributed by atoms with Gasteiger partial charge in [-0.15, -0.1) is 0 Å². The summed E-state index contributed by atoms with van der Waals surface area (Å²) in [6.45, 7) is 6.26. The summed E-state index contributed by atoms with van der Waals surface area (Å²) in [5, 5.41) is 3.32. The first kappa shape index (κ1) is 14.8. The van der Waals surface area contributed by atoms with Crippen LogP contribution in [0, 0.1) is 0 Å². The van der Waals surface area contributed by atoms with E-state index in [1.807, 2.05) is 61.9 Å². The predicted molar refractivity (Wildman–Crippen MR) is 83.6 cm³/mol. The van der Waals surface area contributed by atoms with Crippen molar-refractivity contribution in [2.75, 3.05) is 0 Å². The summed E-state index contributed by atoms with van der Waals surface area (Å²) in [6.07, 6.45) is 4.33. The number of hydrogen-bond donors (Lipinski definition) is 1. The van der Waals surface area contributed by atoms with Gasteiger partial charge in [-0.1, -0.05) is 18.2 Å². The molecule has 1 aromatic heterocycles. The molecule has 1 N–H and O–H groups in total. The van der Waals surface area contributed by atoms with Crippen molar-refractivity contribution in [3.8, 4) is 5.69 Å². The molecule has 0 radical (unpaired) electrons. The molecule has 0 amide bonds. The van der Waals surface area contributed by atoms with Crippen LogP contribution in [0.2, 0.25) is 0 Å². The van der Waals surface area contributed by atoms with Gasteiger partial charge >= 0.3 is 5.97 Å². The number of nitrogens with zero attached hydrogens (tertiary/aromatic N) is 2. The second-order valence-electron chi connectivity index (χ2n) is 6.56. The van der Waals surface area contributed by atoms with E-state index < -0.39 is 11.1 Å². The number of ether oxygens (including phenoxy) is 1. The number of carbonyl (C=O) groups excluding carboxylic acids is 1. The van der Waals surface area contributed by atoms with Crippen molar-refractivity contribution in [1.82, 2.24) is 14.9 Å². The molecule has 1 atom stereocenters. The number of para-hydroxylation sites is 1. The number of imidazole rings is 1. The Morgan fingerprint density at radius 1 is 1.27 bits per heavy atom. The normalized spacial score (nSPS) is 23.5. The van der Waals surface area contributed by atoms with Crippen molar-refractivity contribution in [2.24, 2.45) is 0 Å². The lowest BCUT2D eigenvalue weighted by Crippen LogP contribution is -2.46. The van der Waals surface area contributed by atoms with Crippen LogP contribution in [-0.4, -0.2) is 26.7 Å². The molecular formula is C17H21N3O2. The highest BCUT2D eigenvalue weighted by molar-refractivity contribution is 5.83. The van der Waals surface area contributed by atoms with Gasteiger partial charge < -0.3 is 9.30 Å². The molecule has 0 bridgehead atoms. The Labute approximate surface area is 130 Å². The maximum Gasteiger partial charge on any atom is 0.326 e. The number of rotatable bonds is 4. The number of carbonyl (C=O) groups is 1. The Balaban J connectivity index is 1.76. The van der Waals surface area contributed by atoms with E-state index in [0.29, 0.717) is 13.0 Å². The molecule has 1 saturated heterocycles. The van der Waals surface area contributed by atoms with Gasteiger partial charge in [0.25, 0.3) is 0 Å². The van der Waals surface area contributed by atoms with Crippen LogP contribution in [0.1, 0.15) is 33.0 Å². The highest BCUT2D eigenvalue weighted by Gasteiger charge is 2.49. The van der Waals surface area contributed by atoms with Gasteiger partial charge in [-0.25, -0.2) is 4.98 Å². The summed E-state index contributed by atoms with van der Waals surface area (Å²) in [5.74, 6) is 0.667. The second kappa shape index (κ2) is 5.25. The zero-order valence-electron chi connectivity index (χ0n) is 13.2. The van der Waals surface area contributed by atoms with Gasteiger partial charge in [-0.2, -0.15) is 0 Å². The molecule has 2 heterocycles. The van der Waals surface area contributed by atoms with Crippen LogP contribution in [0.25, 0.3) is 5.69 Å². The molecule has 1 aliphatic rings. The molecule has 22 heavy (non-hydrogen) atoms. The maximum absolute atomic E-state index is 12.1. The Hall–Kier alpha value is -2.14. The highest BCUT2D eigenvalue weighted by Crippen LogP contribution is 2.33. The summed E-state index contributed by atoms with van der Waals surface area (Å²) in [5.41, 5.74) is -0.0405. The number of hydrogen-bond acceptors (Lipinski definition) is 4. The molecule has 0 aliphatic carbocycles. The van der Waals surface area contributed by atoms with Crippen LogP contribution in [0.5, 0.6) is 0 Å². The minimum atomic E-state index is -0.670. The van der Waals surface area contributed by atoms with E-state index in [1.54, 1.807) is 6.20 Å². The summed E-state index contributed by atoms with van der Waals surface area (Å²) in [4.78, 5) is 16.5. The summed E-state index contributed by atoms with van der Waals surface area (Å²) in [6, 6.07) is 10.0. The first-order valence-electron chi connectivity index (χ1n) is 7.46. The molecule has 3 rings (SSSR count). The van der Waals surface area contributed by atoms with E-state index in [2.05, 4.69) is 10.3 Å². The van der Waals surface area contributed by atoms with E-state index >= 15 is 0 Å². The van der Waals surface area contributed by atoms with E-state index in [-0.39, 0.29) is 5.97 Å². The fourth-order valence-corrected chi connectivity index (χ4v) is 3.02. The largest absolute Gasteiger partial charge is 0.458 e. The molecular weight excluding hydrogens is 278 g/mol. The molecule has 1 aromatic carbocycles. The predicted octanol–water partition coefficient (Wildman–Crippen LogP) is 2.45. The van der Waals surface area contributed by atoms with E-state index in [1.165, 1.54) is 0 Å². The summed E-state index contributed by atoms with van der Waals surface area (Å²) in [7, 11) is 0. The lowest BCUT2D eigenvalue weighted by molar-refractivity contribution is -0.149. The fourth-order valence-electron chi connectivity index (χ4n) is 3.02. The van der Waals surface area contributed by atoms with Crippen LogP contribution < -0.4 is 5.32 Å². The zero-order valence-corrected chi connectivity index (χ0v) is 13.2. The van der Waals surface area contributed by atoms with Crippen molar-refractivity contribution in [1.29, 1.82) is 0 Å². The van der Waals surface area contributed by atoms with Crippen LogP contribution >= 0.6 is 0 Å². The monoisotopic (exact) mass is 299 g/mol. The van der Waals surface area contributed by atoms with Crippen LogP contribution in [0.15, 0.2) is 42.7 Å². The molecule has 5 heteroatoms. The lowest BCUT2D eigenvalue weighted by atomic mass is 9.92. The maximum atomic E-state index is 12.1. The highest BCUT2D eigenvalue weighted by atomic mass is 16.6. The van der Waals surface area contributed by atoms with E-state index in [9.17, 15) is 4.79 Å². The van der Waals surface area contributed by atoms with E-state index in [4.69, 9.17) is 4.74 Å². The molecule has 2 aromatic rings. The lowest BCUT2D eigenvalue weighted by Gasteiger charge is -2.22.